The lowest BCUT2D eigenvalue weighted by Gasteiger charge is -2.17. The molecule has 8 heavy (non-hydrogen) atoms. The Morgan fingerprint density at radius 3 is 1.50 bits per heavy atom. The van der Waals surface area contributed by atoms with Crippen molar-refractivity contribution in [2.45, 2.75) is 20.1 Å². The van der Waals surface area contributed by atoms with Gasteiger partial charge in [-0.15, -0.1) is 0 Å². The average Bonchev–Trinajstić information content (AvgIpc) is 1.69. The summed E-state index contributed by atoms with van der Waals surface area (Å²) in [4.78, 5) is 0. The molecule has 0 radical (unpaired) electrons. The first-order valence-corrected chi connectivity index (χ1v) is 4.41. The largest absolute Gasteiger partial charge is 0.404 e. The first-order chi connectivity index (χ1) is 3.72. The molecule has 0 N–H and O–H groups in total. The Bertz CT molecular complexity index is 54.0. The zero-order valence-corrected chi connectivity index (χ0v) is 9.97. The van der Waals surface area contributed by atoms with Crippen LogP contribution in [-0.2, 0) is 8.85 Å². The quantitative estimate of drug-likeness (QED) is 0.362. The van der Waals surface area contributed by atoms with E-state index in [1.165, 1.54) is 0 Å². The number of hydrogen-bond donors (Lipinski definition) is 0. The van der Waals surface area contributed by atoms with Crippen molar-refractivity contribution in [2.75, 3.05) is 0 Å². The van der Waals surface area contributed by atoms with Crippen LogP contribution in [0.1, 0.15) is 13.8 Å². The van der Waals surface area contributed by atoms with E-state index in [0.29, 0.717) is 5.92 Å². The van der Waals surface area contributed by atoms with Crippen LogP contribution in [0.4, 0.5) is 0 Å². The highest BCUT2D eigenvalue weighted by molar-refractivity contribution is 5.99. The van der Waals surface area contributed by atoms with Crippen molar-refractivity contribution in [1.29, 1.82) is 0 Å². The fraction of sp³-hybridized carbons (Fsp3) is 1.00. The Morgan fingerprint density at radius 2 is 1.50 bits per heavy atom. The summed E-state index contributed by atoms with van der Waals surface area (Å²) < 4.78 is 10.2. The van der Waals surface area contributed by atoms with Crippen LogP contribution in [0.3, 0.4) is 0 Å². The summed E-state index contributed by atoms with van der Waals surface area (Å²) in [7, 11) is 1.55. The van der Waals surface area contributed by atoms with Gasteiger partial charge in [0.1, 0.15) is 27.3 Å². The fourth-order valence-electron chi connectivity index (χ4n) is 0.641. The molecule has 0 saturated heterocycles. The Hall–Kier alpha value is 0.354. The van der Waals surface area contributed by atoms with Gasteiger partial charge in [-0.3, -0.25) is 0 Å². The van der Waals surface area contributed by atoms with Crippen LogP contribution in [-0.4, -0.2) is 27.3 Å². The molecule has 0 amide bonds. The second-order valence-corrected chi connectivity index (χ2v) is 3.03. The van der Waals surface area contributed by atoms with Gasteiger partial charge in [0.05, 0.1) is 0 Å². The molecule has 0 bridgehead atoms. The van der Waals surface area contributed by atoms with Crippen LogP contribution in [0.25, 0.3) is 0 Å². The van der Waals surface area contributed by atoms with E-state index in [2.05, 4.69) is 13.8 Å². The van der Waals surface area contributed by atoms with Crippen LogP contribution in [0, 0.1) is 5.92 Å². The van der Waals surface area contributed by atoms with Crippen LogP contribution in [0.5, 0.6) is 0 Å². The lowest BCUT2D eigenvalue weighted by Crippen LogP contribution is -2.20. The van der Waals surface area contributed by atoms with Crippen LogP contribution >= 0.6 is 0 Å². The number of rotatable bonds is 3. The highest BCUT2D eigenvalue weighted by Gasteiger charge is 2.07. The van der Waals surface area contributed by atoms with Crippen molar-refractivity contribution in [2.24, 2.45) is 5.92 Å². The summed E-state index contributed by atoms with van der Waals surface area (Å²) in [6.45, 7) is 4.20. The normalized spacial score (nSPS) is 15.4. The third-order valence-corrected chi connectivity index (χ3v) is 1.94. The second kappa shape index (κ2) is 4.25. The Morgan fingerprint density at radius 1 is 1.12 bits per heavy atom. The monoisotopic (exact) mass is 150 g/mol. The van der Waals surface area contributed by atoms with Gasteiger partial charge >= 0.3 is 0 Å². The van der Waals surface area contributed by atoms with Crippen molar-refractivity contribution in [3.8, 4) is 0 Å². The van der Waals surface area contributed by atoms with Gasteiger partial charge in [0.2, 0.25) is 0 Å². The van der Waals surface area contributed by atoms with Crippen LogP contribution in [0.2, 0.25) is 0 Å². The third-order valence-electron chi connectivity index (χ3n) is 1.01. The highest BCUT2D eigenvalue weighted by atomic mass is 28.2. The van der Waals surface area contributed by atoms with Crippen molar-refractivity contribution < 1.29 is 8.85 Å². The molecule has 0 spiro atoms. The predicted molar refractivity (Wildman–Crippen MR) is 40.7 cm³/mol. The topological polar surface area (TPSA) is 18.5 Å². The summed E-state index contributed by atoms with van der Waals surface area (Å²) in [6, 6.07) is 0. The molecule has 50 valence electrons. The van der Waals surface area contributed by atoms with E-state index < -0.39 is 0 Å². The molecule has 0 unspecified atom stereocenters. The highest BCUT2D eigenvalue weighted by Crippen LogP contribution is 2.03. The van der Waals surface area contributed by atoms with E-state index in [-0.39, 0.29) is 6.29 Å². The van der Waals surface area contributed by atoms with E-state index >= 15 is 0 Å². The van der Waals surface area contributed by atoms with E-state index in [0.717, 1.165) is 21.0 Å². The first-order valence-electron chi connectivity index (χ1n) is 2.78. The van der Waals surface area contributed by atoms with Gasteiger partial charge in [0, 0.05) is 5.92 Å². The Balaban J connectivity index is 3.35. The zero-order chi connectivity index (χ0) is 6.57. The van der Waals surface area contributed by atoms with Crippen molar-refractivity contribution >= 4 is 21.0 Å². The standard InChI is InChI=1S/C4H14O2Si2/c1-3(2)4(5-7)6-8/h3-4H,1-2,7-8H3. The van der Waals surface area contributed by atoms with E-state index in [1.54, 1.807) is 0 Å². The van der Waals surface area contributed by atoms with Gasteiger partial charge in [0.15, 0.2) is 0 Å². The summed E-state index contributed by atoms with van der Waals surface area (Å²) in [5, 5.41) is 0. The maximum absolute atomic E-state index is 5.11. The van der Waals surface area contributed by atoms with Gasteiger partial charge in [-0.1, -0.05) is 13.8 Å². The molecule has 0 rings (SSSR count). The Labute approximate surface area is 56.6 Å². The minimum absolute atomic E-state index is 0.0772. The van der Waals surface area contributed by atoms with E-state index in [1.807, 2.05) is 0 Å². The molecule has 0 aliphatic carbocycles. The van der Waals surface area contributed by atoms with Crippen LogP contribution in [0.15, 0.2) is 0 Å². The maximum atomic E-state index is 5.11. The molecule has 0 saturated carbocycles. The SMILES string of the molecule is CC(C)C(O[SiH3])O[SiH3]. The average molecular weight is 150 g/mol. The minimum Gasteiger partial charge on any atom is -0.404 e. The molecule has 0 heterocycles. The fourth-order valence-corrected chi connectivity index (χ4v) is 2.50. The van der Waals surface area contributed by atoms with Gasteiger partial charge in [-0.25, -0.2) is 0 Å². The van der Waals surface area contributed by atoms with Gasteiger partial charge in [-0.05, 0) is 0 Å². The van der Waals surface area contributed by atoms with Crippen molar-refractivity contribution in [3.05, 3.63) is 0 Å². The smallest absolute Gasteiger partial charge is 0.149 e. The Kier molecular flexibility index (Phi) is 4.44. The molecule has 0 aliphatic heterocycles. The summed E-state index contributed by atoms with van der Waals surface area (Å²) in [5.74, 6) is 0.505. The van der Waals surface area contributed by atoms with Crippen molar-refractivity contribution in [1.82, 2.24) is 0 Å². The molecule has 4 heteroatoms. The molecule has 0 fully saturated rings. The molecular weight excluding hydrogens is 136 g/mol. The molecule has 0 aliphatic rings. The van der Waals surface area contributed by atoms with Crippen molar-refractivity contribution in [3.63, 3.8) is 0 Å². The van der Waals surface area contributed by atoms with E-state index in [9.17, 15) is 0 Å². The molecule has 0 aromatic heterocycles. The minimum atomic E-state index is 0.0772. The number of hydrogen-bond acceptors (Lipinski definition) is 2. The molecule has 0 aromatic carbocycles. The van der Waals surface area contributed by atoms with E-state index in [4.69, 9.17) is 8.85 Å². The summed E-state index contributed by atoms with van der Waals surface area (Å²) >= 11 is 0. The lowest BCUT2D eigenvalue weighted by molar-refractivity contribution is -0.0184. The summed E-state index contributed by atoms with van der Waals surface area (Å²) in [6.07, 6.45) is 0.0772. The molecule has 0 aromatic rings. The maximum Gasteiger partial charge on any atom is 0.149 e. The first kappa shape index (κ1) is 8.35. The third kappa shape index (κ3) is 2.61. The zero-order valence-electron chi connectivity index (χ0n) is 5.97. The van der Waals surface area contributed by atoms with Gasteiger partial charge in [0.25, 0.3) is 0 Å². The predicted octanol–water partition coefficient (Wildman–Crippen LogP) is -1.44. The molecule has 2 nitrogen and oxygen atoms in total. The summed E-state index contributed by atoms with van der Waals surface area (Å²) in [5.41, 5.74) is 0. The second-order valence-electron chi connectivity index (χ2n) is 2.08. The van der Waals surface area contributed by atoms with Gasteiger partial charge in [-0.2, -0.15) is 0 Å². The van der Waals surface area contributed by atoms with Gasteiger partial charge < -0.3 is 8.85 Å². The lowest BCUT2D eigenvalue weighted by atomic mass is 10.2. The van der Waals surface area contributed by atoms with Crippen LogP contribution < -0.4 is 0 Å². The molecule has 0 atom stereocenters. The molecular formula is C4H14O2Si2.